The highest BCUT2D eigenvalue weighted by Gasteiger charge is 2.08. The summed E-state index contributed by atoms with van der Waals surface area (Å²) >= 11 is 0. The van der Waals surface area contributed by atoms with E-state index in [2.05, 4.69) is 25.9 Å². The van der Waals surface area contributed by atoms with Crippen LogP contribution in [-0.2, 0) is 11.3 Å². The van der Waals surface area contributed by atoms with Gasteiger partial charge in [-0.15, -0.1) is 0 Å². The number of anilines is 3. The minimum absolute atomic E-state index is 0.122. The van der Waals surface area contributed by atoms with Gasteiger partial charge in [-0.25, -0.2) is 9.97 Å². The average Bonchev–Trinajstić information content (AvgIpc) is 2.69. The predicted molar refractivity (Wildman–Crippen MR) is 108 cm³/mol. The fraction of sp³-hybridized carbons (Fsp3) is 0.143. The van der Waals surface area contributed by atoms with Gasteiger partial charge in [0, 0.05) is 24.8 Å². The minimum atomic E-state index is -0.276. The van der Waals surface area contributed by atoms with E-state index in [4.69, 9.17) is 0 Å². The zero-order chi connectivity index (χ0) is 19.9. The number of aromatic nitrogens is 2. The molecule has 3 aromatic rings. The zero-order valence-electron chi connectivity index (χ0n) is 15.7. The molecule has 3 N–H and O–H groups in total. The summed E-state index contributed by atoms with van der Waals surface area (Å²) in [5, 5.41) is 8.65. The van der Waals surface area contributed by atoms with Gasteiger partial charge >= 0.3 is 0 Å². The molecule has 3 rings (SSSR count). The summed E-state index contributed by atoms with van der Waals surface area (Å²) in [7, 11) is 0. The number of benzene rings is 2. The van der Waals surface area contributed by atoms with Crippen LogP contribution in [0, 0.1) is 6.92 Å². The van der Waals surface area contributed by atoms with Crippen molar-refractivity contribution in [2.45, 2.75) is 20.4 Å². The minimum Gasteiger partial charge on any atom is -0.347 e. The van der Waals surface area contributed by atoms with E-state index in [1.54, 1.807) is 12.1 Å². The monoisotopic (exact) mass is 375 g/mol. The largest absolute Gasteiger partial charge is 0.347 e. The van der Waals surface area contributed by atoms with Crippen LogP contribution in [0.3, 0.4) is 0 Å². The van der Waals surface area contributed by atoms with Crippen LogP contribution in [0.5, 0.6) is 0 Å². The lowest BCUT2D eigenvalue weighted by atomic mass is 10.1. The van der Waals surface area contributed by atoms with Crippen LogP contribution in [-0.4, -0.2) is 21.8 Å². The van der Waals surface area contributed by atoms with Gasteiger partial charge in [0.15, 0.2) is 0 Å². The topological polar surface area (TPSA) is 96.0 Å². The first-order chi connectivity index (χ1) is 13.5. The van der Waals surface area contributed by atoms with E-state index in [1.807, 2.05) is 43.3 Å². The van der Waals surface area contributed by atoms with Crippen molar-refractivity contribution in [3.8, 4) is 0 Å². The van der Waals surface area contributed by atoms with Crippen molar-refractivity contribution in [2.75, 3.05) is 10.6 Å². The Kier molecular flexibility index (Phi) is 5.96. The highest BCUT2D eigenvalue weighted by Crippen LogP contribution is 2.17. The molecule has 0 radical (unpaired) electrons. The van der Waals surface area contributed by atoms with E-state index < -0.39 is 0 Å². The lowest BCUT2D eigenvalue weighted by Crippen LogP contribution is -2.24. The molecule has 0 bridgehead atoms. The van der Waals surface area contributed by atoms with E-state index in [9.17, 15) is 9.59 Å². The molecule has 2 amide bonds. The molecule has 0 aliphatic carbocycles. The molecule has 0 unspecified atom stereocenters. The molecule has 142 valence electrons. The van der Waals surface area contributed by atoms with Gasteiger partial charge in [-0.3, -0.25) is 9.59 Å². The first-order valence-electron chi connectivity index (χ1n) is 8.81. The standard InChI is InChI=1S/C21H21N5O2/c1-14-5-3-4-6-16(14)11-24-21(28)19-12-23-20(13-22-19)26-18-9-7-17(8-10-18)25-15(2)27/h3-10,12-13H,11H2,1-2H3,(H,23,26)(H,24,28)(H,25,27). The van der Waals surface area contributed by atoms with Crippen LogP contribution >= 0.6 is 0 Å². The Labute approximate surface area is 163 Å². The Morgan fingerprint density at radius 1 is 0.929 bits per heavy atom. The molecule has 2 aromatic carbocycles. The van der Waals surface area contributed by atoms with Crippen molar-refractivity contribution in [2.24, 2.45) is 0 Å². The Morgan fingerprint density at radius 2 is 1.64 bits per heavy atom. The van der Waals surface area contributed by atoms with Crippen molar-refractivity contribution in [3.63, 3.8) is 0 Å². The van der Waals surface area contributed by atoms with Gasteiger partial charge in [0.25, 0.3) is 5.91 Å². The van der Waals surface area contributed by atoms with Gasteiger partial charge < -0.3 is 16.0 Å². The zero-order valence-corrected chi connectivity index (χ0v) is 15.7. The fourth-order valence-corrected chi connectivity index (χ4v) is 2.57. The smallest absolute Gasteiger partial charge is 0.271 e. The molecule has 7 nitrogen and oxygen atoms in total. The van der Waals surface area contributed by atoms with Gasteiger partial charge in [-0.05, 0) is 42.3 Å². The Morgan fingerprint density at radius 3 is 2.29 bits per heavy atom. The van der Waals surface area contributed by atoms with Gasteiger partial charge in [-0.2, -0.15) is 0 Å². The summed E-state index contributed by atoms with van der Waals surface area (Å²) in [6.45, 7) is 3.90. The van der Waals surface area contributed by atoms with E-state index >= 15 is 0 Å². The molecule has 0 aliphatic heterocycles. The summed E-state index contributed by atoms with van der Waals surface area (Å²) < 4.78 is 0. The van der Waals surface area contributed by atoms with E-state index in [1.165, 1.54) is 19.3 Å². The molecule has 0 fully saturated rings. The van der Waals surface area contributed by atoms with Crippen LogP contribution in [0.1, 0.15) is 28.5 Å². The second-order valence-corrected chi connectivity index (χ2v) is 6.28. The third-order valence-corrected chi connectivity index (χ3v) is 4.06. The molecule has 0 saturated heterocycles. The van der Waals surface area contributed by atoms with Crippen LogP contribution in [0.2, 0.25) is 0 Å². The number of hydrogen-bond acceptors (Lipinski definition) is 5. The van der Waals surface area contributed by atoms with Gasteiger partial charge in [0.05, 0.1) is 12.4 Å². The third-order valence-electron chi connectivity index (χ3n) is 4.06. The van der Waals surface area contributed by atoms with Crippen LogP contribution < -0.4 is 16.0 Å². The maximum Gasteiger partial charge on any atom is 0.271 e. The highest BCUT2D eigenvalue weighted by atomic mass is 16.2. The quantitative estimate of drug-likeness (QED) is 0.613. The first-order valence-corrected chi connectivity index (χ1v) is 8.81. The number of carbonyl (C=O) groups is 2. The number of rotatable bonds is 6. The SMILES string of the molecule is CC(=O)Nc1ccc(Nc2cnc(C(=O)NCc3ccccc3C)cn2)cc1. The molecule has 7 heteroatoms. The normalized spacial score (nSPS) is 10.2. The maximum absolute atomic E-state index is 12.3. The molecule has 0 spiro atoms. The van der Waals surface area contributed by atoms with Crippen molar-refractivity contribution in [3.05, 3.63) is 77.7 Å². The number of hydrogen-bond donors (Lipinski definition) is 3. The van der Waals surface area contributed by atoms with Gasteiger partial charge in [-0.1, -0.05) is 24.3 Å². The van der Waals surface area contributed by atoms with Crippen LogP contribution in [0.4, 0.5) is 17.2 Å². The molecular formula is C21H21N5O2. The van der Waals surface area contributed by atoms with Crippen LogP contribution in [0.25, 0.3) is 0 Å². The lowest BCUT2D eigenvalue weighted by Gasteiger charge is -2.09. The molecule has 28 heavy (non-hydrogen) atoms. The molecule has 0 atom stereocenters. The summed E-state index contributed by atoms with van der Waals surface area (Å²) in [5.74, 6) is 0.118. The third kappa shape index (κ3) is 5.14. The molecule has 1 aromatic heterocycles. The van der Waals surface area contributed by atoms with Crippen LogP contribution in [0.15, 0.2) is 60.9 Å². The fourth-order valence-electron chi connectivity index (χ4n) is 2.57. The predicted octanol–water partition coefficient (Wildman–Crippen LogP) is 3.42. The van der Waals surface area contributed by atoms with E-state index in [0.29, 0.717) is 18.1 Å². The average molecular weight is 375 g/mol. The molecular weight excluding hydrogens is 354 g/mol. The van der Waals surface area contributed by atoms with Crippen molar-refractivity contribution in [1.82, 2.24) is 15.3 Å². The summed E-state index contributed by atoms with van der Waals surface area (Å²) in [5.41, 5.74) is 3.94. The molecule has 0 saturated carbocycles. The number of nitrogens with one attached hydrogen (secondary N) is 3. The Bertz CT molecular complexity index is 969. The summed E-state index contributed by atoms with van der Waals surface area (Å²) in [4.78, 5) is 31.7. The number of amides is 2. The summed E-state index contributed by atoms with van der Waals surface area (Å²) in [6, 6.07) is 15.1. The van der Waals surface area contributed by atoms with Crippen molar-refractivity contribution >= 4 is 29.0 Å². The number of nitrogens with zero attached hydrogens (tertiary/aromatic N) is 2. The Hall–Kier alpha value is -3.74. The van der Waals surface area contributed by atoms with Gasteiger partial charge in [0.1, 0.15) is 11.5 Å². The second kappa shape index (κ2) is 8.77. The lowest BCUT2D eigenvalue weighted by molar-refractivity contribution is -0.114. The first kappa shape index (κ1) is 19.0. The van der Waals surface area contributed by atoms with Crippen molar-refractivity contribution < 1.29 is 9.59 Å². The maximum atomic E-state index is 12.3. The molecule has 1 heterocycles. The molecule has 0 aliphatic rings. The van der Waals surface area contributed by atoms with E-state index in [-0.39, 0.29) is 17.5 Å². The summed E-state index contributed by atoms with van der Waals surface area (Å²) in [6.07, 6.45) is 2.94. The second-order valence-electron chi connectivity index (χ2n) is 6.28. The van der Waals surface area contributed by atoms with Crippen molar-refractivity contribution in [1.29, 1.82) is 0 Å². The van der Waals surface area contributed by atoms with Gasteiger partial charge in [0.2, 0.25) is 5.91 Å². The number of aryl methyl sites for hydroxylation is 1. The Balaban J connectivity index is 1.57. The highest BCUT2D eigenvalue weighted by molar-refractivity contribution is 5.92. The number of carbonyl (C=O) groups excluding carboxylic acids is 2. The van der Waals surface area contributed by atoms with E-state index in [0.717, 1.165) is 16.8 Å².